The van der Waals surface area contributed by atoms with Gasteiger partial charge in [0.25, 0.3) is 0 Å². The molecule has 1 aromatic rings. The van der Waals surface area contributed by atoms with E-state index in [-0.39, 0.29) is 5.25 Å². The highest BCUT2D eigenvalue weighted by molar-refractivity contribution is 7.92. The molecule has 0 aliphatic carbocycles. The molecule has 1 N–H and O–H groups in total. The second-order valence-electron chi connectivity index (χ2n) is 4.10. The topological polar surface area (TPSA) is 64.0 Å². The molecule has 1 atom stereocenters. The standard InChI is InChI=1S/C10H17N3O2S/c14-16(15)8-1-3-10(16)9-11-5-7-13-6-2-4-12-13/h2,4,6,10-11H,1,3,5,7-9H2. The van der Waals surface area contributed by atoms with Gasteiger partial charge < -0.3 is 5.32 Å². The van der Waals surface area contributed by atoms with Crippen LogP contribution in [0, 0.1) is 0 Å². The average Bonchev–Trinajstić information content (AvgIpc) is 2.83. The fourth-order valence-electron chi connectivity index (χ4n) is 1.98. The van der Waals surface area contributed by atoms with E-state index < -0.39 is 9.84 Å². The van der Waals surface area contributed by atoms with E-state index in [1.807, 2.05) is 16.9 Å². The molecule has 0 aromatic carbocycles. The first-order chi connectivity index (χ1) is 7.68. The Hall–Kier alpha value is -0.880. The highest BCUT2D eigenvalue weighted by Crippen LogP contribution is 2.18. The van der Waals surface area contributed by atoms with Gasteiger partial charge in [-0.3, -0.25) is 4.68 Å². The largest absolute Gasteiger partial charge is 0.314 e. The van der Waals surface area contributed by atoms with Gasteiger partial charge in [-0.2, -0.15) is 5.10 Å². The van der Waals surface area contributed by atoms with Gasteiger partial charge in [0, 0.05) is 25.5 Å². The molecule has 16 heavy (non-hydrogen) atoms. The Morgan fingerprint density at radius 2 is 2.38 bits per heavy atom. The van der Waals surface area contributed by atoms with Crippen molar-refractivity contribution in [3.05, 3.63) is 18.5 Å². The molecule has 2 heterocycles. The van der Waals surface area contributed by atoms with Crippen LogP contribution in [0.5, 0.6) is 0 Å². The Balaban J connectivity index is 1.69. The summed E-state index contributed by atoms with van der Waals surface area (Å²) >= 11 is 0. The number of hydrogen-bond donors (Lipinski definition) is 1. The lowest BCUT2D eigenvalue weighted by Crippen LogP contribution is -2.32. The monoisotopic (exact) mass is 243 g/mol. The van der Waals surface area contributed by atoms with Crippen LogP contribution >= 0.6 is 0 Å². The summed E-state index contributed by atoms with van der Waals surface area (Å²) in [5, 5.41) is 7.08. The summed E-state index contributed by atoms with van der Waals surface area (Å²) in [5.41, 5.74) is 0. The van der Waals surface area contributed by atoms with Crippen molar-refractivity contribution in [1.82, 2.24) is 15.1 Å². The summed E-state index contributed by atoms with van der Waals surface area (Å²) in [6.07, 6.45) is 5.25. The number of sulfone groups is 1. The van der Waals surface area contributed by atoms with Gasteiger partial charge in [0.1, 0.15) is 0 Å². The normalized spacial score (nSPS) is 23.6. The molecular formula is C10H17N3O2S. The van der Waals surface area contributed by atoms with E-state index in [2.05, 4.69) is 10.4 Å². The van der Waals surface area contributed by atoms with Gasteiger partial charge in [-0.1, -0.05) is 0 Å². The second kappa shape index (κ2) is 4.97. The molecule has 90 valence electrons. The molecule has 1 aliphatic heterocycles. The molecule has 0 spiro atoms. The summed E-state index contributed by atoms with van der Waals surface area (Å²) in [6.45, 7) is 2.11. The Morgan fingerprint density at radius 1 is 1.50 bits per heavy atom. The molecule has 2 rings (SSSR count). The third kappa shape index (κ3) is 2.82. The average molecular weight is 243 g/mol. The molecular weight excluding hydrogens is 226 g/mol. The minimum absolute atomic E-state index is 0.176. The Labute approximate surface area is 95.8 Å². The SMILES string of the molecule is O=S1(=O)CCCC1CNCCn1cccn1. The van der Waals surface area contributed by atoms with Crippen molar-refractivity contribution in [3.63, 3.8) is 0 Å². The lowest BCUT2D eigenvalue weighted by atomic mass is 10.2. The molecule has 6 heteroatoms. The fraction of sp³-hybridized carbons (Fsp3) is 0.700. The quantitative estimate of drug-likeness (QED) is 0.742. The Kier molecular flexibility index (Phi) is 3.60. The molecule has 0 amide bonds. The van der Waals surface area contributed by atoms with E-state index in [4.69, 9.17) is 0 Å². The molecule has 0 bridgehead atoms. The first-order valence-corrected chi connectivity index (χ1v) is 7.30. The van der Waals surface area contributed by atoms with Crippen molar-refractivity contribution in [2.24, 2.45) is 0 Å². The highest BCUT2D eigenvalue weighted by atomic mass is 32.2. The van der Waals surface area contributed by atoms with Crippen molar-refractivity contribution < 1.29 is 8.42 Å². The first-order valence-electron chi connectivity index (χ1n) is 5.58. The minimum Gasteiger partial charge on any atom is -0.314 e. The van der Waals surface area contributed by atoms with Crippen molar-refractivity contribution in [2.75, 3.05) is 18.8 Å². The van der Waals surface area contributed by atoms with Crippen LogP contribution < -0.4 is 5.32 Å². The number of nitrogens with one attached hydrogen (secondary N) is 1. The van der Waals surface area contributed by atoms with Crippen molar-refractivity contribution in [3.8, 4) is 0 Å². The second-order valence-corrected chi connectivity index (χ2v) is 6.51. The van der Waals surface area contributed by atoms with Crippen LogP contribution in [0.4, 0.5) is 0 Å². The van der Waals surface area contributed by atoms with E-state index in [0.29, 0.717) is 12.3 Å². The molecule has 1 aromatic heterocycles. The smallest absolute Gasteiger partial charge is 0.154 e. The Morgan fingerprint density at radius 3 is 3.00 bits per heavy atom. The molecule has 0 saturated carbocycles. The summed E-state index contributed by atoms with van der Waals surface area (Å²) in [7, 11) is -2.81. The van der Waals surface area contributed by atoms with Crippen LogP contribution in [-0.2, 0) is 16.4 Å². The molecule has 1 saturated heterocycles. The summed E-state index contributed by atoms with van der Waals surface area (Å²) in [4.78, 5) is 0. The summed E-state index contributed by atoms with van der Waals surface area (Å²) in [6, 6.07) is 1.88. The van der Waals surface area contributed by atoms with Crippen LogP contribution in [0.25, 0.3) is 0 Å². The zero-order valence-corrected chi connectivity index (χ0v) is 9.99. The fourth-order valence-corrected chi connectivity index (χ4v) is 3.78. The van der Waals surface area contributed by atoms with Gasteiger partial charge in [0.2, 0.25) is 0 Å². The van der Waals surface area contributed by atoms with E-state index in [9.17, 15) is 8.42 Å². The Bertz CT molecular complexity index is 413. The molecule has 0 radical (unpaired) electrons. The van der Waals surface area contributed by atoms with Gasteiger partial charge in [-0.15, -0.1) is 0 Å². The summed E-state index contributed by atoms with van der Waals surface area (Å²) in [5.74, 6) is 0.360. The number of aromatic nitrogens is 2. The maximum atomic E-state index is 11.5. The van der Waals surface area contributed by atoms with Crippen LogP contribution in [-0.4, -0.2) is 42.3 Å². The van der Waals surface area contributed by atoms with E-state index in [1.165, 1.54) is 0 Å². The molecule has 5 nitrogen and oxygen atoms in total. The van der Waals surface area contributed by atoms with Gasteiger partial charge in [-0.05, 0) is 18.9 Å². The number of nitrogens with zero attached hydrogens (tertiary/aromatic N) is 2. The lowest BCUT2D eigenvalue weighted by molar-refractivity contribution is 0.536. The zero-order chi connectivity index (χ0) is 11.4. The maximum Gasteiger partial charge on any atom is 0.154 e. The van der Waals surface area contributed by atoms with E-state index in [0.717, 1.165) is 25.9 Å². The highest BCUT2D eigenvalue weighted by Gasteiger charge is 2.30. The third-order valence-corrected chi connectivity index (χ3v) is 5.19. The van der Waals surface area contributed by atoms with E-state index >= 15 is 0 Å². The van der Waals surface area contributed by atoms with Crippen molar-refractivity contribution >= 4 is 9.84 Å². The maximum absolute atomic E-state index is 11.5. The van der Waals surface area contributed by atoms with Crippen LogP contribution in [0.15, 0.2) is 18.5 Å². The lowest BCUT2D eigenvalue weighted by Gasteiger charge is -2.10. The van der Waals surface area contributed by atoms with Crippen LogP contribution in [0.2, 0.25) is 0 Å². The van der Waals surface area contributed by atoms with Crippen LogP contribution in [0.3, 0.4) is 0 Å². The van der Waals surface area contributed by atoms with Crippen molar-refractivity contribution in [2.45, 2.75) is 24.6 Å². The van der Waals surface area contributed by atoms with E-state index in [1.54, 1.807) is 6.20 Å². The van der Waals surface area contributed by atoms with Crippen LogP contribution in [0.1, 0.15) is 12.8 Å². The van der Waals surface area contributed by atoms with Gasteiger partial charge >= 0.3 is 0 Å². The predicted molar refractivity (Wildman–Crippen MR) is 61.9 cm³/mol. The van der Waals surface area contributed by atoms with Crippen molar-refractivity contribution in [1.29, 1.82) is 0 Å². The summed E-state index contributed by atoms with van der Waals surface area (Å²) < 4.78 is 24.9. The number of rotatable bonds is 5. The first kappa shape index (κ1) is 11.6. The predicted octanol–water partition coefficient (Wildman–Crippen LogP) is 0.0499. The van der Waals surface area contributed by atoms with Gasteiger partial charge in [0.05, 0.1) is 17.5 Å². The molecule has 1 aliphatic rings. The minimum atomic E-state index is -2.81. The van der Waals surface area contributed by atoms with Gasteiger partial charge in [0.15, 0.2) is 9.84 Å². The zero-order valence-electron chi connectivity index (χ0n) is 9.17. The van der Waals surface area contributed by atoms with Gasteiger partial charge in [-0.25, -0.2) is 8.42 Å². The number of hydrogen-bond acceptors (Lipinski definition) is 4. The molecule has 1 unspecified atom stereocenters. The third-order valence-electron chi connectivity index (χ3n) is 2.91. The molecule has 1 fully saturated rings.